The summed E-state index contributed by atoms with van der Waals surface area (Å²) in [6, 6.07) is 13.6. The van der Waals surface area contributed by atoms with Gasteiger partial charge in [-0.05, 0) is 22.3 Å². The molecule has 8 nitrogen and oxygen atoms in total. The zero-order valence-corrected chi connectivity index (χ0v) is 20.8. The van der Waals surface area contributed by atoms with Gasteiger partial charge in [0.05, 0.1) is 0 Å². The first kappa shape index (κ1) is 26.1. The van der Waals surface area contributed by atoms with Crippen LogP contribution in [0.5, 0.6) is 0 Å². The van der Waals surface area contributed by atoms with Gasteiger partial charge >= 0.3 is 12.1 Å². The fourth-order valence-electron chi connectivity index (χ4n) is 3.17. The second kappa shape index (κ2) is 10.9. The van der Waals surface area contributed by atoms with Crippen molar-refractivity contribution in [3.63, 3.8) is 0 Å². The number of alkyl carbamates (subject to hydrolysis) is 1. The Balaban J connectivity index is 0.00000210. The number of benzene rings is 2. The van der Waals surface area contributed by atoms with Crippen molar-refractivity contribution in [3.05, 3.63) is 59.7 Å². The van der Waals surface area contributed by atoms with E-state index in [2.05, 4.69) is 0 Å². The molecule has 0 aromatic heterocycles. The van der Waals surface area contributed by atoms with Gasteiger partial charge in [0.1, 0.15) is 18.4 Å². The van der Waals surface area contributed by atoms with Crippen LogP contribution in [0.2, 0.25) is 0 Å². The first-order chi connectivity index (χ1) is 12.8. The van der Waals surface area contributed by atoms with E-state index in [1.165, 1.54) is 0 Å². The molecular weight excluding hydrogens is 420 g/mol. The number of hydrogen-bond donors (Lipinski definition) is 3. The standard InChI is InChI=1S/C18H17NO7S.2Na/c20-17(21)16(10-27(23,24)25)19-18(22)26-9-15-13-7-3-1-5-11(13)12-6-2-4-8-14(12)15;;/h1-8,15-16H,9-10H2,(H,19,22)(H,20,21)(H,23,24,25);;/t16-;;/m0../s1. The molecule has 1 aliphatic rings. The van der Waals surface area contributed by atoms with Gasteiger partial charge in [0.15, 0.2) is 0 Å². The van der Waals surface area contributed by atoms with Crippen LogP contribution in [0.4, 0.5) is 4.79 Å². The molecule has 0 heterocycles. The summed E-state index contributed by atoms with van der Waals surface area (Å²) in [5, 5.41) is 10.9. The quantitative estimate of drug-likeness (QED) is 0.456. The molecule has 0 fully saturated rings. The monoisotopic (exact) mass is 437 g/mol. The maximum Gasteiger partial charge on any atom is 0.407 e. The Morgan fingerprint density at radius 1 is 1.00 bits per heavy atom. The molecule has 11 heteroatoms. The van der Waals surface area contributed by atoms with E-state index in [-0.39, 0.29) is 71.6 Å². The van der Waals surface area contributed by atoms with E-state index < -0.39 is 34.0 Å². The largest absolute Gasteiger partial charge is 0.480 e. The van der Waals surface area contributed by atoms with Crippen LogP contribution >= 0.6 is 0 Å². The van der Waals surface area contributed by atoms with Gasteiger partial charge in [-0.2, -0.15) is 8.42 Å². The average Bonchev–Trinajstić information content (AvgIpc) is 2.92. The van der Waals surface area contributed by atoms with Crippen molar-refractivity contribution in [1.82, 2.24) is 5.32 Å². The SMILES string of the molecule is O=C(N[C@@H](CS(=O)(=O)O)C(=O)O)OCC1c2ccccc2-c2ccccc21.[Na].[Na]. The Morgan fingerprint density at radius 2 is 1.48 bits per heavy atom. The van der Waals surface area contributed by atoms with Crippen LogP contribution in [-0.2, 0) is 19.6 Å². The van der Waals surface area contributed by atoms with E-state index in [1.54, 1.807) is 0 Å². The maximum absolute atomic E-state index is 12.0. The van der Waals surface area contributed by atoms with Crippen molar-refractivity contribution in [1.29, 1.82) is 0 Å². The fourth-order valence-corrected chi connectivity index (χ4v) is 3.81. The van der Waals surface area contributed by atoms with Crippen molar-refractivity contribution in [2.45, 2.75) is 12.0 Å². The van der Waals surface area contributed by atoms with Gasteiger partial charge in [0.2, 0.25) is 0 Å². The third-order valence-corrected chi connectivity index (χ3v) is 5.07. The minimum absolute atomic E-state index is 0. The summed E-state index contributed by atoms with van der Waals surface area (Å²) in [5.74, 6) is -2.96. The van der Waals surface area contributed by atoms with Crippen LogP contribution in [0.1, 0.15) is 17.0 Å². The molecule has 1 atom stereocenters. The van der Waals surface area contributed by atoms with Gasteiger partial charge < -0.3 is 15.2 Å². The molecule has 2 aromatic carbocycles. The van der Waals surface area contributed by atoms with Crippen LogP contribution in [0.15, 0.2) is 48.5 Å². The van der Waals surface area contributed by atoms with Crippen molar-refractivity contribution >= 4 is 81.3 Å². The number of rotatable bonds is 6. The zero-order valence-electron chi connectivity index (χ0n) is 16.0. The van der Waals surface area contributed by atoms with E-state index in [0.717, 1.165) is 22.3 Å². The van der Waals surface area contributed by atoms with E-state index >= 15 is 0 Å². The Morgan fingerprint density at radius 3 is 1.93 bits per heavy atom. The topological polar surface area (TPSA) is 130 Å². The fraction of sp³-hybridized carbons (Fsp3) is 0.222. The molecule has 0 saturated carbocycles. The predicted octanol–water partition coefficient (Wildman–Crippen LogP) is 1.10. The smallest absolute Gasteiger partial charge is 0.407 e. The molecule has 1 amide bonds. The van der Waals surface area contributed by atoms with Gasteiger partial charge in [0, 0.05) is 65.0 Å². The summed E-state index contributed by atoms with van der Waals surface area (Å²) in [4.78, 5) is 23.0. The summed E-state index contributed by atoms with van der Waals surface area (Å²) < 4.78 is 35.7. The summed E-state index contributed by atoms with van der Waals surface area (Å²) in [6.45, 7) is -0.0436. The number of carbonyl (C=O) groups is 2. The molecule has 0 aliphatic heterocycles. The van der Waals surface area contributed by atoms with E-state index in [0.29, 0.717) is 0 Å². The maximum atomic E-state index is 12.0. The molecule has 1 aliphatic carbocycles. The van der Waals surface area contributed by atoms with Crippen LogP contribution in [0.3, 0.4) is 0 Å². The summed E-state index contributed by atoms with van der Waals surface area (Å²) in [7, 11) is -4.58. The van der Waals surface area contributed by atoms with Crippen molar-refractivity contribution in [3.8, 4) is 11.1 Å². The molecule has 144 valence electrons. The van der Waals surface area contributed by atoms with Crippen molar-refractivity contribution in [2.75, 3.05) is 12.4 Å². The number of fused-ring (bicyclic) bond motifs is 3. The third-order valence-electron chi connectivity index (χ3n) is 4.31. The molecule has 0 unspecified atom stereocenters. The normalized spacial score (nSPS) is 13.1. The average molecular weight is 437 g/mol. The predicted molar refractivity (Wildman–Crippen MR) is 108 cm³/mol. The number of ether oxygens (including phenoxy) is 1. The van der Waals surface area contributed by atoms with Crippen LogP contribution in [-0.4, -0.2) is 108 Å². The van der Waals surface area contributed by atoms with Gasteiger partial charge in [-0.3, -0.25) is 4.55 Å². The molecule has 29 heavy (non-hydrogen) atoms. The van der Waals surface area contributed by atoms with Gasteiger partial charge in [-0.1, -0.05) is 48.5 Å². The van der Waals surface area contributed by atoms with Crippen molar-refractivity contribution in [2.24, 2.45) is 0 Å². The van der Waals surface area contributed by atoms with Crippen LogP contribution in [0, 0.1) is 0 Å². The van der Waals surface area contributed by atoms with Crippen molar-refractivity contribution < 1.29 is 32.4 Å². The number of aliphatic carboxylic acids is 1. The molecule has 0 bridgehead atoms. The Kier molecular flexibility index (Phi) is 9.84. The third kappa shape index (κ3) is 6.53. The molecule has 3 rings (SSSR count). The second-order valence-electron chi connectivity index (χ2n) is 6.11. The summed E-state index contributed by atoms with van der Waals surface area (Å²) in [5.41, 5.74) is 4.05. The number of carbonyl (C=O) groups excluding carboxylic acids is 1. The number of nitrogens with one attached hydrogen (secondary N) is 1. The number of amides is 1. The van der Waals surface area contributed by atoms with Gasteiger partial charge in [-0.25, -0.2) is 9.59 Å². The van der Waals surface area contributed by atoms with Gasteiger partial charge in [0.25, 0.3) is 10.1 Å². The second-order valence-corrected chi connectivity index (χ2v) is 7.61. The summed E-state index contributed by atoms with van der Waals surface area (Å²) >= 11 is 0. The van der Waals surface area contributed by atoms with Crippen LogP contribution < -0.4 is 5.32 Å². The minimum atomic E-state index is -4.58. The molecule has 2 aromatic rings. The van der Waals surface area contributed by atoms with Gasteiger partial charge in [-0.15, -0.1) is 0 Å². The Labute approximate surface area is 212 Å². The number of hydrogen-bond acceptors (Lipinski definition) is 5. The first-order valence-corrected chi connectivity index (χ1v) is 9.66. The Bertz CT molecular complexity index is 952. The minimum Gasteiger partial charge on any atom is -0.480 e. The Hall–Kier alpha value is -0.910. The number of carboxylic acids is 1. The molecule has 0 spiro atoms. The number of carboxylic acid groups (broad SMARTS) is 1. The summed E-state index contributed by atoms with van der Waals surface area (Å²) in [6.07, 6.45) is -1.08. The molecule has 2 radical (unpaired) electrons. The molecule has 3 N–H and O–H groups in total. The van der Waals surface area contributed by atoms with E-state index in [1.807, 2.05) is 53.8 Å². The first-order valence-electron chi connectivity index (χ1n) is 8.06. The molecule has 0 saturated heterocycles. The molecular formula is C18H17NNa2O7S. The van der Waals surface area contributed by atoms with E-state index in [9.17, 15) is 18.0 Å². The van der Waals surface area contributed by atoms with E-state index in [4.69, 9.17) is 14.4 Å². The van der Waals surface area contributed by atoms with Crippen LogP contribution in [0.25, 0.3) is 11.1 Å². The zero-order chi connectivity index (χ0) is 19.6.